The fourth-order valence-corrected chi connectivity index (χ4v) is 5.05. The fourth-order valence-electron chi connectivity index (χ4n) is 3.86. The standard InChI is InChI=1S/C26H22N6O3S/c1-17-9-10-19-20(6-2-8-23(19)32-36(33,34)16-18-5-3-12-28-15-18)24(17)35-25-21(7-4-13-29-25)22-11-14-30-26(27)31-22/h2-15,32H,16H2,1H3,(H2,27,30,31). The Kier molecular flexibility index (Phi) is 6.17. The zero-order valence-corrected chi connectivity index (χ0v) is 20.1. The third kappa shape index (κ3) is 4.93. The van der Waals surface area contributed by atoms with E-state index in [9.17, 15) is 8.42 Å². The van der Waals surface area contributed by atoms with E-state index in [0.29, 0.717) is 39.5 Å². The molecular weight excluding hydrogens is 476 g/mol. The van der Waals surface area contributed by atoms with Gasteiger partial charge in [-0.05, 0) is 48.4 Å². The molecule has 0 amide bonds. The molecule has 36 heavy (non-hydrogen) atoms. The van der Waals surface area contributed by atoms with E-state index < -0.39 is 10.0 Å². The number of sulfonamides is 1. The number of pyridine rings is 2. The van der Waals surface area contributed by atoms with Crippen molar-refractivity contribution in [2.45, 2.75) is 12.7 Å². The number of nitrogens with zero attached hydrogens (tertiary/aromatic N) is 4. The maximum Gasteiger partial charge on any atom is 0.236 e. The van der Waals surface area contributed by atoms with Gasteiger partial charge in [0, 0.05) is 35.6 Å². The Bertz CT molecular complexity index is 1660. The van der Waals surface area contributed by atoms with Crippen LogP contribution in [0.5, 0.6) is 11.6 Å². The second-order valence-electron chi connectivity index (χ2n) is 8.09. The highest BCUT2D eigenvalue weighted by molar-refractivity contribution is 7.91. The lowest BCUT2D eigenvalue weighted by Crippen LogP contribution is -2.15. The van der Waals surface area contributed by atoms with E-state index in [1.807, 2.05) is 31.2 Å². The van der Waals surface area contributed by atoms with Crippen LogP contribution in [0.4, 0.5) is 11.6 Å². The number of nitrogen functional groups attached to an aromatic ring is 1. The summed E-state index contributed by atoms with van der Waals surface area (Å²) in [6.45, 7) is 1.92. The molecule has 0 saturated carbocycles. The van der Waals surface area contributed by atoms with Crippen LogP contribution in [0.25, 0.3) is 22.0 Å². The van der Waals surface area contributed by atoms with Gasteiger partial charge in [0.05, 0.1) is 22.7 Å². The number of ether oxygens (including phenoxy) is 1. The molecule has 10 heteroatoms. The van der Waals surface area contributed by atoms with Gasteiger partial charge in [-0.25, -0.2) is 23.4 Å². The van der Waals surface area contributed by atoms with Crippen molar-refractivity contribution >= 4 is 32.4 Å². The number of aromatic nitrogens is 4. The van der Waals surface area contributed by atoms with Crippen LogP contribution in [-0.2, 0) is 15.8 Å². The van der Waals surface area contributed by atoms with Crippen LogP contribution in [-0.4, -0.2) is 28.4 Å². The van der Waals surface area contributed by atoms with Gasteiger partial charge in [-0.15, -0.1) is 0 Å². The number of nitrogens with one attached hydrogen (secondary N) is 1. The highest BCUT2D eigenvalue weighted by Crippen LogP contribution is 2.38. The molecule has 0 bridgehead atoms. The Balaban J connectivity index is 1.53. The number of hydrogen-bond donors (Lipinski definition) is 2. The minimum Gasteiger partial charge on any atom is -0.437 e. The average Bonchev–Trinajstić information content (AvgIpc) is 2.86. The van der Waals surface area contributed by atoms with Crippen LogP contribution in [0.15, 0.2) is 85.5 Å². The maximum atomic E-state index is 12.9. The minimum atomic E-state index is -3.68. The van der Waals surface area contributed by atoms with Gasteiger partial charge in [0.2, 0.25) is 21.9 Å². The Hall–Kier alpha value is -4.57. The predicted octanol–water partition coefficient (Wildman–Crippen LogP) is 4.71. The average molecular weight is 499 g/mol. The van der Waals surface area contributed by atoms with Gasteiger partial charge >= 0.3 is 0 Å². The smallest absolute Gasteiger partial charge is 0.236 e. The number of fused-ring (bicyclic) bond motifs is 1. The van der Waals surface area contributed by atoms with E-state index >= 15 is 0 Å². The van der Waals surface area contributed by atoms with E-state index in [1.54, 1.807) is 55.0 Å². The van der Waals surface area contributed by atoms with Gasteiger partial charge < -0.3 is 10.5 Å². The van der Waals surface area contributed by atoms with Crippen LogP contribution in [0.2, 0.25) is 0 Å². The van der Waals surface area contributed by atoms with Crippen molar-refractivity contribution in [2.75, 3.05) is 10.5 Å². The zero-order chi connectivity index (χ0) is 25.1. The molecule has 9 nitrogen and oxygen atoms in total. The SMILES string of the molecule is Cc1ccc2c(NS(=O)(=O)Cc3cccnc3)cccc2c1Oc1ncccc1-c1ccnc(N)n1. The molecule has 0 aliphatic carbocycles. The summed E-state index contributed by atoms with van der Waals surface area (Å²) >= 11 is 0. The number of rotatable bonds is 7. The molecular formula is C26H22N6O3S. The van der Waals surface area contributed by atoms with E-state index in [2.05, 4.69) is 24.7 Å². The molecule has 3 aromatic heterocycles. The third-order valence-electron chi connectivity index (χ3n) is 5.47. The lowest BCUT2D eigenvalue weighted by atomic mass is 10.0. The third-order valence-corrected chi connectivity index (χ3v) is 6.72. The first kappa shape index (κ1) is 23.2. The molecule has 5 aromatic rings. The summed E-state index contributed by atoms with van der Waals surface area (Å²) in [5, 5.41) is 1.42. The van der Waals surface area contributed by atoms with Crippen molar-refractivity contribution in [2.24, 2.45) is 0 Å². The number of benzene rings is 2. The van der Waals surface area contributed by atoms with E-state index in [4.69, 9.17) is 10.5 Å². The van der Waals surface area contributed by atoms with Crippen molar-refractivity contribution < 1.29 is 13.2 Å². The summed E-state index contributed by atoms with van der Waals surface area (Å²) in [6, 6.07) is 17.9. The number of aryl methyl sites for hydroxylation is 1. The second-order valence-corrected chi connectivity index (χ2v) is 9.82. The molecule has 180 valence electrons. The highest BCUT2D eigenvalue weighted by atomic mass is 32.2. The molecule has 0 spiro atoms. The Labute approximate surface area is 208 Å². The van der Waals surface area contributed by atoms with Crippen molar-refractivity contribution in [1.82, 2.24) is 19.9 Å². The van der Waals surface area contributed by atoms with Gasteiger partial charge in [-0.1, -0.05) is 30.3 Å². The van der Waals surface area contributed by atoms with Gasteiger partial charge in [0.15, 0.2) is 0 Å². The van der Waals surface area contributed by atoms with Crippen molar-refractivity contribution in [3.8, 4) is 22.9 Å². The normalized spacial score (nSPS) is 11.4. The van der Waals surface area contributed by atoms with Crippen LogP contribution < -0.4 is 15.2 Å². The first-order valence-electron chi connectivity index (χ1n) is 11.0. The maximum absolute atomic E-state index is 12.9. The summed E-state index contributed by atoms with van der Waals surface area (Å²) in [5.74, 6) is 0.856. The lowest BCUT2D eigenvalue weighted by Gasteiger charge is -2.16. The van der Waals surface area contributed by atoms with Gasteiger partial charge in [0.1, 0.15) is 5.75 Å². The summed E-state index contributed by atoms with van der Waals surface area (Å²) < 4.78 is 34.8. The number of anilines is 2. The van der Waals surface area contributed by atoms with Crippen molar-refractivity contribution in [3.05, 3.63) is 96.6 Å². The van der Waals surface area contributed by atoms with E-state index in [-0.39, 0.29) is 11.7 Å². The van der Waals surface area contributed by atoms with E-state index in [1.165, 1.54) is 6.20 Å². The molecule has 2 aromatic carbocycles. The van der Waals surface area contributed by atoms with Gasteiger partial charge in [-0.3, -0.25) is 9.71 Å². The largest absolute Gasteiger partial charge is 0.437 e. The highest BCUT2D eigenvalue weighted by Gasteiger charge is 2.18. The first-order valence-corrected chi connectivity index (χ1v) is 12.7. The summed E-state index contributed by atoms with van der Waals surface area (Å²) in [6.07, 6.45) is 6.33. The lowest BCUT2D eigenvalue weighted by molar-refractivity contribution is 0.466. The Morgan fingerprint density at radius 1 is 0.917 bits per heavy atom. The molecule has 0 saturated heterocycles. The molecule has 0 unspecified atom stereocenters. The van der Waals surface area contributed by atoms with Gasteiger partial charge in [0.25, 0.3) is 0 Å². The van der Waals surface area contributed by atoms with Crippen LogP contribution in [0.3, 0.4) is 0 Å². The number of nitrogens with two attached hydrogens (primary N) is 1. The Morgan fingerprint density at radius 3 is 2.58 bits per heavy atom. The molecule has 0 fully saturated rings. The van der Waals surface area contributed by atoms with Crippen LogP contribution in [0, 0.1) is 6.92 Å². The molecule has 0 radical (unpaired) electrons. The van der Waals surface area contributed by atoms with Crippen molar-refractivity contribution in [3.63, 3.8) is 0 Å². The molecule has 0 atom stereocenters. The topological polar surface area (TPSA) is 133 Å². The fraction of sp³-hybridized carbons (Fsp3) is 0.0769. The molecule has 5 rings (SSSR count). The second kappa shape index (κ2) is 9.59. The van der Waals surface area contributed by atoms with Crippen molar-refractivity contribution in [1.29, 1.82) is 0 Å². The van der Waals surface area contributed by atoms with Crippen LogP contribution >= 0.6 is 0 Å². The monoisotopic (exact) mass is 498 g/mol. The molecule has 3 heterocycles. The Morgan fingerprint density at radius 2 is 1.78 bits per heavy atom. The summed E-state index contributed by atoms with van der Waals surface area (Å²) in [5.41, 5.74) is 8.90. The number of hydrogen-bond acceptors (Lipinski definition) is 8. The molecule has 3 N–H and O–H groups in total. The molecule has 0 aliphatic rings. The quantitative estimate of drug-likeness (QED) is 0.330. The zero-order valence-electron chi connectivity index (χ0n) is 19.3. The molecule has 0 aliphatic heterocycles. The summed E-state index contributed by atoms with van der Waals surface area (Å²) in [4.78, 5) is 16.6. The van der Waals surface area contributed by atoms with E-state index in [0.717, 1.165) is 10.9 Å². The summed E-state index contributed by atoms with van der Waals surface area (Å²) in [7, 11) is -3.68. The first-order chi connectivity index (χ1) is 17.4. The van der Waals surface area contributed by atoms with Crippen LogP contribution in [0.1, 0.15) is 11.1 Å². The minimum absolute atomic E-state index is 0.145. The van der Waals surface area contributed by atoms with Gasteiger partial charge in [-0.2, -0.15) is 0 Å². The predicted molar refractivity (Wildman–Crippen MR) is 139 cm³/mol.